The first-order valence-corrected chi connectivity index (χ1v) is 6.94. The van der Waals surface area contributed by atoms with Crippen molar-refractivity contribution in [3.63, 3.8) is 0 Å². The zero-order valence-electron chi connectivity index (χ0n) is 12.3. The Labute approximate surface area is 129 Å². The maximum atomic E-state index is 11.7. The fraction of sp³-hybridized carbons (Fsp3) is 0.176. The van der Waals surface area contributed by atoms with Crippen LogP contribution in [0.5, 0.6) is 5.75 Å². The van der Waals surface area contributed by atoms with Gasteiger partial charge in [0.15, 0.2) is 6.61 Å². The summed E-state index contributed by atoms with van der Waals surface area (Å²) in [5.74, 6) is -0.0124. The lowest BCUT2D eigenvalue weighted by Gasteiger charge is -2.08. The van der Waals surface area contributed by atoms with Crippen molar-refractivity contribution in [3.05, 3.63) is 60.2 Å². The average Bonchev–Trinajstić information content (AvgIpc) is 2.54. The summed E-state index contributed by atoms with van der Waals surface area (Å²) in [6.07, 6.45) is 0. The molecule has 2 rings (SSSR count). The van der Waals surface area contributed by atoms with Gasteiger partial charge in [-0.15, -0.1) is 0 Å². The maximum absolute atomic E-state index is 11.7. The number of ether oxygens (including phenoxy) is 1. The Bertz CT molecular complexity index is 624. The average molecular weight is 298 g/mol. The normalized spacial score (nSPS) is 9.86. The first-order chi connectivity index (χ1) is 10.6. The van der Waals surface area contributed by atoms with E-state index >= 15 is 0 Å². The highest BCUT2D eigenvalue weighted by Crippen LogP contribution is 2.08. The summed E-state index contributed by atoms with van der Waals surface area (Å²) in [6.45, 7) is 1.76. The van der Waals surface area contributed by atoms with Gasteiger partial charge in [0.05, 0.1) is 6.54 Å². The van der Waals surface area contributed by atoms with Gasteiger partial charge in [0.25, 0.3) is 5.91 Å². The fourth-order valence-corrected chi connectivity index (χ4v) is 1.74. The van der Waals surface area contributed by atoms with Crippen LogP contribution in [0.2, 0.25) is 0 Å². The summed E-state index contributed by atoms with van der Waals surface area (Å²) in [4.78, 5) is 23.3. The van der Waals surface area contributed by atoms with E-state index in [2.05, 4.69) is 10.6 Å². The SMILES string of the molecule is Cc1ccc(NC(=O)CNC(=O)COc2ccccc2)cc1. The molecule has 2 amide bonds. The molecule has 0 spiro atoms. The van der Waals surface area contributed by atoms with Crippen LogP contribution in [0.3, 0.4) is 0 Å². The molecule has 0 bridgehead atoms. The number of anilines is 1. The van der Waals surface area contributed by atoms with Gasteiger partial charge in [-0.25, -0.2) is 0 Å². The molecule has 5 heteroatoms. The van der Waals surface area contributed by atoms with Crippen LogP contribution < -0.4 is 15.4 Å². The molecule has 0 unspecified atom stereocenters. The van der Waals surface area contributed by atoms with Crippen LogP contribution in [0.4, 0.5) is 5.69 Å². The lowest BCUT2D eigenvalue weighted by atomic mass is 10.2. The third-order valence-corrected chi connectivity index (χ3v) is 2.89. The van der Waals surface area contributed by atoms with E-state index in [0.29, 0.717) is 11.4 Å². The molecule has 0 atom stereocenters. The summed E-state index contributed by atoms with van der Waals surface area (Å²) in [7, 11) is 0. The minimum atomic E-state index is -0.345. The minimum Gasteiger partial charge on any atom is -0.484 e. The number of rotatable bonds is 6. The molecule has 0 saturated heterocycles. The van der Waals surface area contributed by atoms with Crippen LogP contribution in [0.25, 0.3) is 0 Å². The van der Waals surface area contributed by atoms with Crippen LogP contribution in [0.15, 0.2) is 54.6 Å². The van der Waals surface area contributed by atoms with Gasteiger partial charge in [0.2, 0.25) is 5.91 Å². The summed E-state index contributed by atoms with van der Waals surface area (Å²) in [5, 5.41) is 5.21. The van der Waals surface area contributed by atoms with Crippen molar-refractivity contribution in [1.82, 2.24) is 5.32 Å². The van der Waals surface area contributed by atoms with Gasteiger partial charge in [-0.3, -0.25) is 9.59 Å². The third-order valence-electron chi connectivity index (χ3n) is 2.89. The second kappa shape index (κ2) is 7.83. The lowest BCUT2D eigenvalue weighted by Crippen LogP contribution is -2.35. The second-order valence-corrected chi connectivity index (χ2v) is 4.79. The molecule has 0 aliphatic heterocycles. The molecule has 5 nitrogen and oxygen atoms in total. The van der Waals surface area contributed by atoms with Crippen LogP contribution in [-0.4, -0.2) is 25.0 Å². The first kappa shape index (κ1) is 15.6. The van der Waals surface area contributed by atoms with E-state index in [1.165, 1.54) is 0 Å². The van der Waals surface area contributed by atoms with Crippen LogP contribution in [0.1, 0.15) is 5.56 Å². The zero-order valence-corrected chi connectivity index (χ0v) is 12.3. The Balaban J connectivity index is 1.69. The molecule has 22 heavy (non-hydrogen) atoms. The lowest BCUT2D eigenvalue weighted by molar-refractivity contribution is -0.125. The van der Waals surface area contributed by atoms with Gasteiger partial charge < -0.3 is 15.4 Å². The molecule has 114 valence electrons. The summed E-state index contributed by atoms with van der Waals surface area (Å²) in [6, 6.07) is 16.5. The Hall–Kier alpha value is -2.82. The van der Waals surface area contributed by atoms with Crippen LogP contribution >= 0.6 is 0 Å². The molecule has 2 N–H and O–H groups in total. The molecule has 0 heterocycles. The van der Waals surface area contributed by atoms with Crippen molar-refractivity contribution in [2.24, 2.45) is 0 Å². The molecule has 0 fully saturated rings. The van der Waals surface area contributed by atoms with Crippen molar-refractivity contribution in [2.75, 3.05) is 18.5 Å². The van der Waals surface area contributed by atoms with Gasteiger partial charge in [-0.2, -0.15) is 0 Å². The topological polar surface area (TPSA) is 67.4 Å². The molecule has 2 aromatic carbocycles. The van der Waals surface area contributed by atoms with Crippen molar-refractivity contribution in [2.45, 2.75) is 6.92 Å². The van der Waals surface area contributed by atoms with E-state index in [1.54, 1.807) is 12.1 Å². The predicted octanol–water partition coefficient (Wildman–Crippen LogP) is 2.13. The molecule has 0 aliphatic rings. The number of para-hydroxylation sites is 1. The quantitative estimate of drug-likeness (QED) is 0.858. The Morgan fingerprint density at radius 3 is 2.32 bits per heavy atom. The van der Waals surface area contributed by atoms with Crippen molar-refractivity contribution in [3.8, 4) is 5.75 Å². The van der Waals surface area contributed by atoms with Gasteiger partial charge >= 0.3 is 0 Å². The maximum Gasteiger partial charge on any atom is 0.258 e. The highest BCUT2D eigenvalue weighted by Gasteiger charge is 2.06. The molecule has 0 aliphatic carbocycles. The summed E-state index contributed by atoms with van der Waals surface area (Å²) < 4.78 is 5.29. The molecule has 0 radical (unpaired) electrons. The van der Waals surface area contributed by atoms with E-state index in [1.807, 2.05) is 49.4 Å². The molecular formula is C17H18N2O3. The number of benzene rings is 2. The van der Waals surface area contributed by atoms with E-state index in [9.17, 15) is 9.59 Å². The number of nitrogens with one attached hydrogen (secondary N) is 2. The summed E-state index contributed by atoms with van der Waals surface area (Å²) >= 11 is 0. The second-order valence-electron chi connectivity index (χ2n) is 4.79. The largest absolute Gasteiger partial charge is 0.484 e. The van der Waals surface area contributed by atoms with Gasteiger partial charge in [-0.1, -0.05) is 35.9 Å². The van der Waals surface area contributed by atoms with E-state index in [4.69, 9.17) is 4.74 Å². The van der Waals surface area contributed by atoms with Gasteiger partial charge in [0.1, 0.15) is 5.75 Å². The summed E-state index contributed by atoms with van der Waals surface area (Å²) in [5.41, 5.74) is 1.81. The highest BCUT2D eigenvalue weighted by atomic mass is 16.5. The molecule has 0 saturated carbocycles. The molecule has 2 aromatic rings. The highest BCUT2D eigenvalue weighted by molar-refractivity contribution is 5.94. The standard InChI is InChI=1S/C17H18N2O3/c1-13-7-9-14(10-8-13)19-16(20)11-18-17(21)12-22-15-5-3-2-4-6-15/h2-10H,11-12H2,1H3,(H,18,21)(H,19,20). The van der Waals surface area contributed by atoms with Crippen LogP contribution in [0, 0.1) is 6.92 Å². The smallest absolute Gasteiger partial charge is 0.258 e. The molecule has 0 aromatic heterocycles. The number of hydrogen-bond acceptors (Lipinski definition) is 3. The van der Waals surface area contributed by atoms with E-state index in [0.717, 1.165) is 5.56 Å². The number of carbonyl (C=O) groups is 2. The molecular weight excluding hydrogens is 280 g/mol. The van der Waals surface area contributed by atoms with E-state index in [-0.39, 0.29) is 25.0 Å². The van der Waals surface area contributed by atoms with E-state index < -0.39 is 0 Å². The number of carbonyl (C=O) groups excluding carboxylic acids is 2. The zero-order chi connectivity index (χ0) is 15.8. The Morgan fingerprint density at radius 1 is 0.955 bits per heavy atom. The Morgan fingerprint density at radius 2 is 1.64 bits per heavy atom. The monoisotopic (exact) mass is 298 g/mol. The number of hydrogen-bond donors (Lipinski definition) is 2. The third kappa shape index (κ3) is 5.28. The van der Waals surface area contributed by atoms with Gasteiger partial charge in [0, 0.05) is 5.69 Å². The van der Waals surface area contributed by atoms with Gasteiger partial charge in [-0.05, 0) is 31.2 Å². The van der Waals surface area contributed by atoms with Crippen molar-refractivity contribution < 1.29 is 14.3 Å². The van der Waals surface area contributed by atoms with Crippen molar-refractivity contribution >= 4 is 17.5 Å². The number of amides is 2. The fourth-order valence-electron chi connectivity index (χ4n) is 1.74. The van der Waals surface area contributed by atoms with Crippen molar-refractivity contribution in [1.29, 1.82) is 0 Å². The predicted molar refractivity (Wildman–Crippen MR) is 84.8 cm³/mol. The minimum absolute atomic E-state index is 0.0924. The number of aryl methyl sites for hydroxylation is 1. The Kier molecular flexibility index (Phi) is 5.54. The first-order valence-electron chi connectivity index (χ1n) is 6.94. The van der Waals surface area contributed by atoms with Crippen LogP contribution in [-0.2, 0) is 9.59 Å².